The number of aliphatic hydroxyl groups is 1. The molecule has 0 radical (unpaired) electrons. The van der Waals surface area contributed by atoms with Crippen LogP contribution >= 0.6 is 0 Å². The fourth-order valence-corrected chi connectivity index (χ4v) is 5.38. The van der Waals surface area contributed by atoms with Crippen LogP contribution in [0.25, 0.3) is 0 Å². The number of rotatable bonds is 34. The molecular formula is C39H70N2O7. The lowest BCUT2D eigenvalue weighted by Gasteiger charge is -2.15. The number of aliphatic hydroxyl groups excluding tert-OH is 1. The van der Waals surface area contributed by atoms with Gasteiger partial charge in [-0.2, -0.15) is 0 Å². The minimum atomic E-state index is -1.39. The third-order valence-electron chi connectivity index (χ3n) is 8.41. The van der Waals surface area contributed by atoms with Crippen LogP contribution in [0.15, 0.2) is 24.3 Å². The first kappa shape index (κ1) is 45.3. The van der Waals surface area contributed by atoms with Gasteiger partial charge in [0.2, 0.25) is 11.8 Å². The van der Waals surface area contributed by atoms with Crippen molar-refractivity contribution in [3.63, 3.8) is 0 Å². The van der Waals surface area contributed by atoms with Gasteiger partial charge in [-0.15, -0.1) is 0 Å². The number of hydrogen-bond acceptors (Lipinski definition) is 6. The Morgan fingerprint density at radius 3 is 1.73 bits per heavy atom. The maximum absolute atomic E-state index is 12.6. The zero-order chi connectivity index (χ0) is 35.5. The lowest BCUT2D eigenvalue weighted by Crippen LogP contribution is -2.47. The summed E-state index contributed by atoms with van der Waals surface area (Å²) in [5.74, 6) is -2.40. The number of esters is 1. The predicted octanol–water partition coefficient (Wildman–Crippen LogP) is 8.48. The number of carboxylic acids is 1. The van der Waals surface area contributed by atoms with E-state index in [1.54, 1.807) is 0 Å². The van der Waals surface area contributed by atoms with E-state index in [1.807, 2.05) is 0 Å². The second-order valence-electron chi connectivity index (χ2n) is 13.0. The van der Waals surface area contributed by atoms with Crippen LogP contribution in [0, 0.1) is 0 Å². The molecule has 9 nitrogen and oxygen atoms in total. The number of ether oxygens (including phenoxy) is 1. The van der Waals surface area contributed by atoms with Crippen molar-refractivity contribution in [3.05, 3.63) is 24.3 Å². The van der Waals surface area contributed by atoms with Crippen LogP contribution in [-0.4, -0.2) is 59.3 Å². The quantitative estimate of drug-likeness (QED) is 0.0304. The van der Waals surface area contributed by atoms with Gasteiger partial charge >= 0.3 is 11.9 Å². The Balaban J connectivity index is 4.36. The molecule has 4 N–H and O–H groups in total. The van der Waals surface area contributed by atoms with E-state index in [1.165, 1.54) is 77.0 Å². The van der Waals surface area contributed by atoms with Crippen molar-refractivity contribution in [2.75, 3.05) is 13.2 Å². The van der Waals surface area contributed by atoms with Crippen molar-refractivity contribution in [1.29, 1.82) is 0 Å². The minimum Gasteiger partial charge on any atom is -0.480 e. The molecule has 9 heteroatoms. The molecule has 278 valence electrons. The molecule has 0 aliphatic rings. The highest BCUT2D eigenvalue weighted by atomic mass is 16.5. The molecule has 0 aromatic carbocycles. The SMILES string of the molecule is CCCCC/C=C\CCCCCCCC(=O)OC(/C=C\CCCCCCCCC)CCCCCCC(=O)NCC(=O)NC(CO)C(=O)O. The fourth-order valence-electron chi connectivity index (χ4n) is 5.38. The second-order valence-corrected chi connectivity index (χ2v) is 13.0. The van der Waals surface area contributed by atoms with Gasteiger partial charge in [-0.1, -0.05) is 116 Å². The van der Waals surface area contributed by atoms with Crippen LogP contribution in [0.4, 0.5) is 0 Å². The fraction of sp³-hybridized carbons (Fsp3) is 0.795. The predicted molar refractivity (Wildman–Crippen MR) is 195 cm³/mol. The van der Waals surface area contributed by atoms with Gasteiger partial charge in [0.15, 0.2) is 0 Å². The van der Waals surface area contributed by atoms with Crippen molar-refractivity contribution in [2.24, 2.45) is 0 Å². The highest BCUT2D eigenvalue weighted by Crippen LogP contribution is 2.15. The van der Waals surface area contributed by atoms with Crippen LogP contribution in [0.5, 0.6) is 0 Å². The second kappa shape index (κ2) is 34.2. The number of hydrogen-bond donors (Lipinski definition) is 4. The summed E-state index contributed by atoms with van der Waals surface area (Å²) in [7, 11) is 0. The third-order valence-corrected chi connectivity index (χ3v) is 8.41. The van der Waals surface area contributed by atoms with Crippen LogP contribution < -0.4 is 10.6 Å². The molecule has 0 aliphatic heterocycles. The van der Waals surface area contributed by atoms with E-state index in [9.17, 15) is 19.2 Å². The van der Waals surface area contributed by atoms with Gasteiger partial charge in [0.25, 0.3) is 0 Å². The van der Waals surface area contributed by atoms with Gasteiger partial charge in [0.05, 0.1) is 13.2 Å². The van der Waals surface area contributed by atoms with Crippen molar-refractivity contribution < 1.29 is 34.1 Å². The molecule has 0 aliphatic carbocycles. The molecule has 0 saturated carbocycles. The van der Waals surface area contributed by atoms with Crippen LogP contribution in [-0.2, 0) is 23.9 Å². The van der Waals surface area contributed by atoms with E-state index < -0.39 is 24.5 Å². The number of aliphatic carboxylic acids is 1. The molecule has 48 heavy (non-hydrogen) atoms. The standard InChI is InChI=1S/C39H70N2O7/c1-3-5-7-9-11-13-14-15-17-19-21-27-31-38(45)48-34(28-24-20-18-16-12-10-8-6-4-2)29-25-22-23-26-30-36(43)40-32-37(44)41-35(33-42)39(46)47/h11,13,24,28,34-35,42H,3-10,12,14-23,25-27,29-33H2,1-2H3,(H,40,43)(H,41,44)(H,46,47)/b13-11-,28-24-. The maximum atomic E-state index is 12.6. The highest BCUT2D eigenvalue weighted by Gasteiger charge is 2.18. The molecule has 2 unspecified atom stereocenters. The van der Waals surface area contributed by atoms with Crippen molar-refractivity contribution in [2.45, 2.75) is 187 Å². The average Bonchev–Trinajstić information content (AvgIpc) is 3.07. The third kappa shape index (κ3) is 30.6. The summed E-state index contributed by atoms with van der Waals surface area (Å²) in [5, 5.41) is 22.5. The molecule has 0 saturated heterocycles. The smallest absolute Gasteiger partial charge is 0.328 e. The Morgan fingerprint density at radius 2 is 1.12 bits per heavy atom. The lowest BCUT2D eigenvalue weighted by molar-refractivity contribution is -0.147. The van der Waals surface area contributed by atoms with E-state index in [0.29, 0.717) is 12.8 Å². The zero-order valence-electron chi connectivity index (χ0n) is 30.5. The first-order chi connectivity index (χ1) is 23.3. The maximum Gasteiger partial charge on any atom is 0.328 e. The Labute approximate surface area is 292 Å². The van der Waals surface area contributed by atoms with Gasteiger partial charge in [0, 0.05) is 12.8 Å². The molecule has 2 atom stereocenters. The number of unbranched alkanes of at least 4 members (excludes halogenated alkanes) is 18. The van der Waals surface area contributed by atoms with Gasteiger partial charge < -0.3 is 25.6 Å². The van der Waals surface area contributed by atoms with E-state index >= 15 is 0 Å². The molecule has 2 amide bonds. The summed E-state index contributed by atoms with van der Waals surface area (Å²) in [5.41, 5.74) is 0. The topological polar surface area (TPSA) is 142 Å². The van der Waals surface area contributed by atoms with Crippen molar-refractivity contribution in [1.82, 2.24) is 10.6 Å². The Hall–Kier alpha value is -2.68. The molecule has 0 spiro atoms. The van der Waals surface area contributed by atoms with Gasteiger partial charge in [0.1, 0.15) is 12.1 Å². The van der Waals surface area contributed by atoms with Crippen molar-refractivity contribution in [3.8, 4) is 0 Å². The summed E-state index contributed by atoms with van der Waals surface area (Å²) in [6.45, 7) is 3.41. The molecule has 0 aromatic heterocycles. The van der Waals surface area contributed by atoms with E-state index in [-0.39, 0.29) is 30.9 Å². The summed E-state index contributed by atoms with van der Waals surface area (Å²) >= 11 is 0. The number of carbonyl (C=O) groups excluding carboxylic acids is 3. The molecule has 0 aromatic rings. The summed E-state index contributed by atoms with van der Waals surface area (Å²) in [6, 6.07) is -1.39. The van der Waals surface area contributed by atoms with E-state index in [4.69, 9.17) is 14.9 Å². The lowest BCUT2D eigenvalue weighted by atomic mass is 10.1. The zero-order valence-corrected chi connectivity index (χ0v) is 30.5. The Bertz CT molecular complexity index is 874. The number of carbonyl (C=O) groups is 4. The summed E-state index contributed by atoms with van der Waals surface area (Å²) < 4.78 is 5.88. The molecular weight excluding hydrogens is 608 g/mol. The van der Waals surface area contributed by atoms with Gasteiger partial charge in [-0.25, -0.2) is 4.79 Å². The molecule has 0 bridgehead atoms. The Kier molecular flexibility index (Phi) is 32.3. The summed E-state index contributed by atoms with van der Waals surface area (Å²) in [6.07, 6.45) is 35.0. The first-order valence-electron chi connectivity index (χ1n) is 19.2. The van der Waals surface area contributed by atoms with Crippen molar-refractivity contribution >= 4 is 23.8 Å². The monoisotopic (exact) mass is 679 g/mol. The van der Waals surface area contributed by atoms with Crippen LogP contribution in [0.1, 0.15) is 174 Å². The number of allylic oxidation sites excluding steroid dienone is 3. The summed E-state index contributed by atoms with van der Waals surface area (Å²) in [4.78, 5) is 47.4. The van der Waals surface area contributed by atoms with Crippen LogP contribution in [0.2, 0.25) is 0 Å². The normalized spacial score (nSPS) is 12.7. The van der Waals surface area contributed by atoms with Gasteiger partial charge in [-0.05, 0) is 70.3 Å². The van der Waals surface area contributed by atoms with E-state index in [2.05, 4.69) is 48.8 Å². The van der Waals surface area contributed by atoms with E-state index in [0.717, 1.165) is 64.2 Å². The number of nitrogens with one attached hydrogen (secondary N) is 2. The highest BCUT2D eigenvalue weighted by molar-refractivity contribution is 5.87. The average molecular weight is 679 g/mol. The molecule has 0 fully saturated rings. The van der Waals surface area contributed by atoms with Crippen LogP contribution in [0.3, 0.4) is 0 Å². The number of amides is 2. The molecule has 0 rings (SSSR count). The molecule has 0 heterocycles. The minimum absolute atomic E-state index is 0.120. The Morgan fingerprint density at radius 1 is 0.625 bits per heavy atom. The number of carboxylic acid groups (broad SMARTS) is 1. The first-order valence-corrected chi connectivity index (χ1v) is 19.2. The van der Waals surface area contributed by atoms with Gasteiger partial charge in [-0.3, -0.25) is 14.4 Å². The largest absolute Gasteiger partial charge is 0.480 e.